The molecule has 5 rings (SSSR count). The number of nitrogens with one attached hydrogen (secondary N) is 1. The monoisotopic (exact) mass is 511 g/mol. The first-order chi connectivity index (χ1) is 18.5. The van der Waals surface area contributed by atoms with Crippen LogP contribution in [-0.4, -0.2) is 53.0 Å². The lowest BCUT2D eigenvalue weighted by Crippen LogP contribution is -2.43. The molecule has 0 saturated heterocycles. The standard InChI is InChI=1S/C31H33N3O4/c1-3-15-34(31(36)24-12-13-28-29(17-24)38-21-37-28)20-30(35)33(19-23-10-8-22(2)9-11-23)16-14-25-18-32-27-7-5-4-6-26(25)27/h4-13,17-18,32H,3,14-16,19-21H2,1-2H3. The summed E-state index contributed by atoms with van der Waals surface area (Å²) in [7, 11) is 0. The fraction of sp³-hybridized carbons (Fsp3) is 0.290. The van der Waals surface area contributed by atoms with Crippen LogP contribution in [0.3, 0.4) is 0 Å². The number of carbonyl (C=O) groups excluding carboxylic acids is 2. The molecule has 2 amide bonds. The highest BCUT2D eigenvalue weighted by Gasteiger charge is 2.24. The Kier molecular flexibility index (Phi) is 7.63. The fourth-order valence-corrected chi connectivity index (χ4v) is 4.80. The third-order valence-electron chi connectivity index (χ3n) is 6.90. The van der Waals surface area contributed by atoms with Gasteiger partial charge in [0.2, 0.25) is 12.7 Å². The van der Waals surface area contributed by atoms with E-state index in [1.54, 1.807) is 23.1 Å². The molecule has 1 N–H and O–H groups in total. The lowest BCUT2D eigenvalue weighted by atomic mass is 10.1. The molecule has 0 saturated carbocycles. The van der Waals surface area contributed by atoms with Gasteiger partial charge in [-0.15, -0.1) is 0 Å². The zero-order valence-corrected chi connectivity index (χ0v) is 21.9. The molecule has 0 atom stereocenters. The fourth-order valence-electron chi connectivity index (χ4n) is 4.80. The molecule has 0 spiro atoms. The van der Waals surface area contributed by atoms with Crippen LogP contribution in [0.5, 0.6) is 11.5 Å². The van der Waals surface area contributed by atoms with E-state index in [2.05, 4.69) is 41.4 Å². The molecule has 4 aromatic rings. The zero-order valence-electron chi connectivity index (χ0n) is 21.9. The van der Waals surface area contributed by atoms with Gasteiger partial charge in [0.05, 0.1) is 0 Å². The molecule has 1 aliphatic heterocycles. The summed E-state index contributed by atoms with van der Waals surface area (Å²) in [6.45, 7) is 5.74. The van der Waals surface area contributed by atoms with Crippen molar-refractivity contribution in [1.82, 2.24) is 14.8 Å². The van der Waals surface area contributed by atoms with Crippen LogP contribution in [0, 0.1) is 6.92 Å². The van der Waals surface area contributed by atoms with E-state index in [1.807, 2.05) is 37.1 Å². The maximum absolute atomic E-state index is 13.7. The third kappa shape index (κ3) is 5.67. The van der Waals surface area contributed by atoms with Gasteiger partial charge in [-0.25, -0.2) is 0 Å². The largest absolute Gasteiger partial charge is 0.454 e. The van der Waals surface area contributed by atoms with Crippen LogP contribution < -0.4 is 9.47 Å². The number of benzene rings is 3. The van der Waals surface area contributed by atoms with Crippen molar-refractivity contribution in [2.45, 2.75) is 33.2 Å². The average molecular weight is 512 g/mol. The van der Waals surface area contributed by atoms with Gasteiger partial charge < -0.3 is 24.3 Å². The van der Waals surface area contributed by atoms with Crippen LogP contribution in [0.15, 0.2) is 72.9 Å². The van der Waals surface area contributed by atoms with E-state index in [0.717, 1.165) is 17.5 Å². The lowest BCUT2D eigenvalue weighted by molar-refractivity contribution is -0.132. The van der Waals surface area contributed by atoms with Crippen molar-refractivity contribution < 1.29 is 19.1 Å². The molecule has 196 valence electrons. The second-order valence-corrected chi connectivity index (χ2v) is 9.71. The molecule has 1 aromatic heterocycles. The van der Waals surface area contributed by atoms with E-state index in [4.69, 9.17) is 9.47 Å². The molecular formula is C31H33N3O4. The maximum Gasteiger partial charge on any atom is 0.254 e. The van der Waals surface area contributed by atoms with Crippen molar-refractivity contribution in [3.63, 3.8) is 0 Å². The molecule has 3 aromatic carbocycles. The zero-order chi connectivity index (χ0) is 26.5. The van der Waals surface area contributed by atoms with E-state index in [-0.39, 0.29) is 25.2 Å². The Bertz CT molecular complexity index is 1430. The number of hydrogen-bond donors (Lipinski definition) is 1. The highest BCUT2D eigenvalue weighted by molar-refractivity contribution is 5.97. The minimum absolute atomic E-state index is 0.0147. The van der Waals surface area contributed by atoms with Gasteiger partial charge in [-0.3, -0.25) is 9.59 Å². The quantitative estimate of drug-likeness (QED) is 0.312. The molecule has 0 radical (unpaired) electrons. The van der Waals surface area contributed by atoms with Crippen molar-refractivity contribution >= 4 is 22.7 Å². The first-order valence-corrected chi connectivity index (χ1v) is 13.1. The van der Waals surface area contributed by atoms with Crippen molar-refractivity contribution in [1.29, 1.82) is 0 Å². The predicted molar refractivity (Wildman–Crippen MR) is 147 cm³/mol. The summed E-state index contributed by atoms with van der Waals surface area (Å²) in [6, 6.07) is 21.6. The second-order valence-electron chi connectivity index (χ2n) is 9.71. The number of para-hydroxylation sites is 1. The smallest absolute Gasteiger partial charge is 0.254 e. The molecule has 0 aliphatic carbocycles. The molecule has 7 heteroatoms. The van der Waals surface area contributed by atoms with Gasteiger partial charge in [-0.1, -0.05) is 55.0 Å². The summed E-state index contributed by atoms with van der Waals surface area (Å²) in [5.74, 6) is 0.915. The molecule has 7 nitrogen and oxygen atoms in total. The number of ether oxygens (including phenoxy) is 2. The normalized spacial score (nSPS) is 12.1. The first kappa shape index (κ1) is 25.4. The molecule has 1 aliphatic rings. The third-order valence-corrected chi connectivity index (χ3v) is 6.90. The summed E-state index contributed by atoms with van der Waals surface area (Å²) in [5.41, 5.74) is 4.98. The predicted octanol–water partition coefficient (Wildman–Crippen LogP) is 5.33. The number of aromatic nitrogens is 1. The van der Waals surface area contributed by atoms with E-state index in [1.165, 1.54) is 16.5 Å². The Hall–Kier alpha value is -4.26. The number of amides is 2. The molecule has 0 fully saturated rings. The Morgan fingerprint density at radius 2 is 1.71 bits per heavy atom. The van der Waals surface area contributed by atoms with Crippen molar-refractivity contribution in [3.8, 4) is 11.5 Å². The van der Waals surface area contributed by atoms with Crippen LogP contribution in [0.2, 0.25) is 0 Å². The van der Waals surface area contributed by atoms with Crippen LogP contribution in [0.4, 0.5) is 0 Å². The molecular weight excluding hydrogens is 478 g/mol. The summed E-state index contributed by atoms with van der Waals surface area (Å²) < 4.78 is 10.8. The maximum atomic E-state index is 13.7. The van der Waals surface area contributed by atoms with Gasteiger partial charge in [0, 0.05) is 42.3 Å². The first-order valence-electron chi connectivity index (χ1n) is 13.1. The van der Waals surface area contributed by atoms with Crippen molar-refractivity contribution in [2.75, 3.05) is 26.4 Å². The Balaban J connectivity index is 1.34. The second kappa shape index (κ2) is 11.4. The molecule has 0 bridgehead atoms. The highest BCUT2D eigenvalue weighted by atomic mass is 16.7. The topological polar surface area (TPSA) is 74.9 Å². The van der Waals surface area contributed by atoms with Crippen LogP contribution >= 0.6 is 0 Å². The number of carbonyl (C=O) groups is 2. The molecule has 2 heterocycles. The van der Waals surface area contributed by atoms with Crippen LogP contribution in [0.1, 0.15) is 40.4 Å². The number of hydrogen-bond acceptors (Lipinski definition) is 4. The van der Waals surface area contributed by atoms with Gasteiger partial charge in [-0.05, 0) is 55.2 Å². The van der Waals surface area contributed by atoms with E-state index in [0.29, 0.717) is 43.1 Å². The lowest BCUT2D eigenvalue weighted by Gasteiger charge is -2.28. The van der Waals surface area contributed by atoms with Crippen LogP contribution in [-0.2, 0) is 17.8 Å². The minimum Gasteiger partial charge on any atom is -0.454 e. The Morgan fingerprint density at radius 3 is 2.53 bits per heavy atom. The van der Waals surface area contributed by atoms with Crippen molar-refractivity contribution in [2.24, 2.45) is 0 Å². The van der Waals surface area contributed by atoms with Gasteiger partial charge in [-0.2, -0.15) is 0 Å². The number of fused-ring (bicyclic) bond motifs is 2. The van der Waals surface area contributed by atoms with E-state index >= 15 is 0 Å². The SMILES string of the molecule is CCCN(CC(=O)N(CCc1c[nH]c2ccccc12)Cc1ccc(C)cc1)C(=O)c1ccc2c(c1)OCO2. The number of nitrogens with zero attached hydrogens (tertiary/aromatic N) is 2. The molecule has 38 heavy (non-hydrogen) atoms. The van der Waals surface area contributed by atoms with Gasteiger partial charge in [0.1, 0.15) is 6.54 Å². The van der Waals surface area contributed by atoms with Crippen LogP contribution in [0.25, 0.3) is 10.9 Å². The Labute approximate surface area is 223 Å². The number of H-pyrrole nitrogens is 1. The summed E-state index contributed by atoms with van der Waals surface area (Å²) in [6.07, 6.45) is 3.48. The summed E-state index contributed by atoms with van der Waals surface area (Å²) in [4.78, 5) is 34.0. The molecule has 0 unspecified atom stereocenters. The average Bonchev–Trinajstić information content (AvgIpc) is 3.58. The summed E-state index contributed by atoms with van der Waals surface area (Å²) in [5, 5.41) is 1.17. The van der Waals surface area contributed by atoms with E-state index < -0.39 is 0 Å². The van der Waals surface area contributed by atoms with Gasteiger partial charge >= 0.3 is 0 Å². The Morgan fingerprint density at radius 1 is 0.921 bits per heavy atom. The van der Waals surface area contributed by atoms with E-state index in [9.17, 15) is 9.59 Å². The highest BCUT2D eigenvalue weighted by Crippen LogP contribution is 2.33. The number of rotatable bonds is 10. The van der Waals surface area contributed by atoms with Gasteiger partial charge in [0.25, 0.3) is 5.91 Å². The van der Waals surface area contributed by atoms with Gasteiger partial charge in [0.15, 0.2) is 11.5 Å². The van der Waals surface area contributed by atoms with Crippen molar-refractivity contribution in [3.05, 3.63) is 95.2 Å². The summed E-state index contributed by atoms with van der Waals surface area (Å²) >= 11 is 0. The number of aromatic amines is 1. The minimum atomic E-state index is -0.189. The number of aryl methyl sites for hydroxylation is 1.